The number of hydrogen-bond acceptors (Lipinski definition) is 5. The first kappa shape index (κ1) is 21.9. The summed E-state index contributed by atoms with van der Waals surface area (Å²) in [7, 11) is 0. The topological polar surface area (TPSA) is 93.7 Å². The predicted octanol–water partition coefficient (Wildman–Crippen LogP) is 3.96. The van der Waals surface area contributed by atoms with Gasteiger partial charge in [-0.2, -0.15) is 0 Å². The van der Waals surface area contributed by atoms with Crippen molar-refractivity contribution in [2.75, 3.05) is 13.2 Å². The van der Waals surface area contributed by atoms with Gasteiger partial charge in [-0.1, -0.05) is 44.6 Å². The van der Waals surface area contributed by atoms with E-state index in [2.05, 4.69) is 10.6 Å². The Balaban J connectivity index is 1.57. The zero-order valence-electron chi connectivity index (χ0n) is 17.5. The Morgan fingerprint density at radius 2 is 1.70 bits per heavy atom. The van der Waals surface area contributed by atoms with Crippen molar-refractivity contribution in [1.29, 1.82) is 0 Å². The lowest BCUT2D eigenvalue weighted by Crippen LogP contribution is -2.51. The second kappa shape index (κ2) is 10.8. The fraction of sp³-hybridized carbons (Fsp3) is 0.522. The second-order valence-electron chi connectivity index (χ2n) is 7.78. The molecule has 0 unspecified atom stereocenters. The van der Waals surface area contributed by atoms with E-state index in [1.807, 2.05) is 6.92 Å². The van der Waals surface area contributed by atoms with Gasteiger partial charge in [-0.25, -0.2) is 4.79 Å². The predicted molar refractivity (Wildman–Crippen MR) is 113 cm³/mol. The van der Waals surface area contributed by atoms with E-state index in [9.17, 15) is 14.4 Å². The lowest BCUT2D eigenvalue weighted by molar-refractivity contribution is -0.123. The Bertz CT molecular complexity index is 790. The lowest BCUT2D eigenvalue weighted by atomic mass is 9.86. The second-order valence-corrected chi connectivity index (χ2v) is 7.78. The fourth-order valence-electron chi connectivity index (χ4n) is 3.97. The molecule has 2 N–H and O–H groups in total. The Hall–Kier alpha value is -2.83. The van der Waals surface area contributed by atoms with E-state index in [4.69, 9.17) is 9.47 Å². The van der Waals surface area contributed by atoms with Crippen LogP contribution in [0.25, 0.3) is 6.08 Å². The highest BCUT2D eigenvalue weighted by molar-refractivity contribution is 6.31. The van der Waals surface area contributed by atoms with Crippen molar-refractivity contribution in [3.8, 4) is 11.5 Å². The molecule has 162 valence electrons. The van der Waals surface area contributed by atoms with Crippen molar-refractivity contribution in [1.82, 2.24) is 10.6 Å². The summed E-state index contributed by atoms with van der Waals surface area (Å²) in [6, 6.07) is 4.45. The highest BCUT2D eigenvalue weighted by atomic mass is 16.5. The maximum atomic E-state index is 11.9. The molecule has 1 aromatic carbocycles. The van der Waals surface area contributed by atoms with Gasteiger partial charge in [0, 0.05) is 0 Å². The molecule has 1 aliphatic heterocycles. The monoisotopic (exact) mass is 414 g/mol. The van der Waals surface area contributed by atoms with Gasteiger partial charge >= 0.3 is 6.03 Å². The van der Waals surface area contributed by atoms with Crippen LogP contribution in [0.15, 0.2) is 23.8 Å². The van der Waals surface area contributed by atoms with Crippen LogP contribution in [0, 0.1) is 5.92 Å². The number of urea groups is 1. The van der Waals surface area contributed by atoms with Crippen LogP contribution in [-0.2, 0) is 9.59 Å². The molecule has 0 spiro atoms. The molecule has 1 saturated heterocycles. The van der Waals surface area contributed by atoms with Crippen molar-refractivity contribution < 1.29 is 23.9 Å². The summed E-state index contributed by atoms with van der Waals surface area (Å²) in [4.78, 5) is 35.0. The number of hydrogen-bond donors (Lipinski definition) is 2. The molecule has 0 radical (unpaired) electrons. The van der Waals surface area contributed by atoms with Gasteiger partial charge < -0.3 is 9.47 Å². The molecule has 3 rings (SSSR count). The van der Waals surface area contributed by atoms with Crippen LogP contribution in [0.5, 0.6) is 11.5 Å². The molecule has 7 nitrogen and oxygen atoms in total. The van der Waals surface area contributed by atoms with Crippen molar-refractivity contribution in [2.24, 2.45) is 5.92 Å². The van der Waals surface area contributed by atoms with Crippen molar-refractivity contribution in [2.45, 2.75) is 58.3 Å². The van der Waals surface area contributed by atoms with Gasteiger partial charge in [-0.05, 0) is 49.5 Å². The molecule has 7 heteroatoms. The third-order valence-electron chi connectivity index (χ3n) is 5.51. The maximum absolute atomic E-state index is 11.9. The Morgan fingerprint density at radius 3 is 2.40 bits per heavy atom. The van der Waals surface area contributed by atoms with E-state index in [0.29, 0.717) is 30.3 Å². The number of barbiturate groups is 1. The van der Waals surface area contributed by atoms with Crippen LogP contribution in [0.2, 0.25) is 0 Å². The first-order chi connectivity index (χ1) is 14.6. The highest BCUT2D eigenvalue weighted by Gasteiger charge is 2.27. The molecule has 1 saturated carbocycles. The van der Waals surface area contributed by atoms with Crippen molar-refractivity contribution in [3.63, 3.8) is 0 Å². The van der Waals surface area contributed by atoms with Gasteiger partial charge in [0.05, 0.1) is 13.2 Å². The Kier molecular flexibility index (Phi) is 7.88. The number of carbonyl (C=O) groups is 3. The van der Waals surface area contributed by atoms with Gasteiger partial charge in [0.1, 0.15) is 5.57 Å². The largest absolute Gasteiger partial charge is 0.490 e. The van der Waals surface area contributed by atoms with Gasteiger partial charge in [0.25, 0.3) is 11.8 Å². The van der Waals surface area contributed by atoms with Gasteiger partial charge in [0.2, 0.25) is 0 Å². The Morgan fingerprint density at radius 1 is 0.967 bits per heavy atom. The summed E-state index contributed by atoms with van der Waals surface area (Å²) in [6.07, 6.45) is 11.8. The number of carbonyl (C=O) groups excluding carboxylic acids is 3. The molecule has 4 amide bonds. The first-order valence-electron chi connectivity index (χ1n) is 10.8. The molecule has 0 aromatic heterocycles. The van der Waals surface area contributed by atoms with Crippen LogP contribution < -0.4 is 20.1 Å². The van der Waals surface area contributed by atoms with Crippen LogP contribution >= 0.6 is 0 Å². The van der Waals surface area contributed by atoms with E-state index < -0.39 is 17.8 Å². The van der Waals surface area contributed by atoms with E-state index in [1.165, 1.54) is 51.0 Å². The number of rotatable bonds is 9. The average Bonchev–Trinajstić information content (AvgIpc) is 2.72. The van der Waals surface area contributed by atoms with Crippen molar-refractivity contribution >= 4 is 23.9 Å². The molecular formula is C23H30N2O5. The summed E-state index contributed by atoms with van der Waals surface area (Å²) < 4.78 is 11.6. The number of benzene rings is 1. The smallest absolute Gasteiger partial charge is 0.328 e. The molecule has 30 heavy (non-hydrogen) atoms. The molecule has 0 atom stereocenters. The molecule has 2 fully saturated rings. The zero-order valence-corrected chi connectivity index (χ0v) is 17.5. The first-order valence-corrected chi connectivity index (χ1v) is 10.8. The minimum atomic E-state index is -0.815. The van der Waals surface area contributed by atoms with Gasteiger partial charge in [-0.3, -0.25) is 20.2 Å². The third kappa shape index (κ3) is 6.08. The molecule has 0 bridgehead atoms. The van der Waals surface area contributed by atoms with Crippen LogP contribution in [-0.4, -0.2) is 31.1 Å². The lowest BCUT2D eigenvalue weighted by Gasteiger charge is -2.21. The zero-order chi connectivity index (χ0) is 21.3. The number of amides is 4. The number of imide groups is 2. The van der Waals surface area contributed by atoms with E-state index in [-0.39, 0.29) is 5.57 Å². The summed E-state index contributed by atoms with van der Waals surface area (Å²) in [6.45, 7) is 2.97. The average molecular weight is 415 g/mol. The molecule has 1 aliphatic carbocycles. The van der Waals surface area contributed by atoms with Gasteiger partial charge in [-0.15, -0.1) is 0 Å². The summed E-state index contributed by atoms with van der Waals surface area (Å²) in [5.41, 5.74) is 0.478. The van der Waals surface area contributed by atoms with Crippen molar-refractivity contribution in [3.05, 3.63) is 29.3 Å². The van der Waals surface area contributed by atoms with E-state index in [1.54, 1.807) is 18.2 Å². The summed E-state index contributed by atoms with van der Waals surface area (Å²) in [5.74, 6) is 0.644. The number of unbranched alkanes of at least 4 members (excludes halogenated alkanes) is 1. The molecule has 2 aliphatic rings. The maximum Gasteiger partial charge on any atom is 0.328 e. The SMILES string of the molecule is CCOc1cc(C=C2C(=O)NC(=O)NC2=O)ccc1OCCCCC1CCCCC1. The summed E-state index contributed by atoms with van der Waals surface area (Å²) in [5, 5.41) is 4.12. The van der Waals surface area contributed by atoms with E-state index in [0.717, 1.165) is 12.3 Å². The van der Waals surface area contributed by atoms with Gasteiger partial charge in [0.15, 0.2) is 11.5 Å². The standard InChI is InChI=1S/C23H30N2O5/c1-2-29-20-15-17(14-18-21(26)24-23(28)25-22(18)27)11-12-19(20)30-13-7-6-10-16-8-4-3-5-9-16/h11-12,14-16H,2-10,13H2,1H3,(H2,24,25,26,27,28). The molecule has 1 heterocycles. The van der Waals surface area contributed by atoms with Crippen LogP contribution in [0.4, 0.5) is 4.79 Å². The normalized spacial score (nSPS) is 17.4. The fourth-order valence-corrected chi connectivity index (χ4v) is 3.97. The quantitative estimate of drug-likeness (QED) is 0.362. The van der Waals surface area contributed by atoms with Crippen LogP contribution in [0.1, 0.15) is 63.9 Å². The van der Waals surface area contributed by atoms with E-state index >= 15 is 0 Å². The van der Waals surface area contributed by atoms with Crippen LogP contribution in [0.3, 0.4) is 0 Å². The molecule has 1 aromatic rings. The number of ether oxygens (including phenoxy) is 2. The minimum Gasteiger partial charge on any atom is -0.490 e. The third-order valence-corrected chi connectivity index (χ3v) is 5.51. The highest BCUT2D eigenvalue weighted by Crippen LogP contribution is 2.31. The number of nitrogens with one attached hydrogen (secondary N) is 2. The Labute approximate surface area is 177 Å². The molecular weight excluding hydrogens is 384 g/mol. The minimum absolute atomic E-state index is 0.131. The summed E-state index contributed by atoms with van der Waals surface area (Å²) >= 11 is 0.